The van der Waals surface area contributed by atoms with Gasteiger partial charge in [-0.15, -0.1) is 0 Å². The smallest absolute Gasteiger partial charge is 0.226 e. The fourth-order valence-corrected chi connectivity index (χ4v) is 4.71. The minimum absolute atomic E-state index is 0.260. The first-order chi connectivity index (χ1) is 14.1. The highest BCUT2D eigenvalue weighted by molar-refractivity contribution is 6.43. The summed E-state index contributed by atoms with van der Waals surface area (Å²) in [4.78, 5) is 19.3. The van der Waals surface area contributed by atoms with Crippen molar-refractivity contribution >= 4 is 40.5 Å². The van der Waals surface area contributed by atoms with Crippen molar-refractivity contribution < 1.29 is 4.79 Å². The number of para-hydroxylation sites is 1. The first-order valence-electron chi connectivity index (χ1n) is 10.4. The highest BCUT2D eigenvalue weighted by Crippen LogP contribution is 2.33. The predicted octanol–water partition coefficient (Wildman–Crippen LogP) is 4.88. The molecule has 0 bridgehead atoms. The van der Waals surface area contributed by atoms with Gasteiger partial charge in [-0.05, 0) is 49.6 Å². The average molecular weight is 432 g/mol. The minimum atomic E-state index is 0.260. The molecule has 2 aromatic rings. The quantitative estimate of drug-likeness (QED) is 0.609. The molecule has 0 N–H and O–H groups in total. The van der Waals surface area contributed by atoms with Crippen molar-refractivity contribution in [2.75, 3.05) is 49.1 Å². The lowest BCUT2D eigenvalue weighted by Gasteiger charge is -2.36. The molecular weight excluding hydrogens is 405 g/mol. The fourth-order valence-electron chi connectivity index (χ4n) is 4.29. The molecule has 29 heavy (non-hydrogen) atoms. The van der Waals surface area contributed by atoms with Gasteiger partial charge in [-0.3, -0.25) is 9.69 Å². The van der Waals surface area contributed by atoms with E-state index in [9.17, 15) is 4.79 Å². The molecule has 4 nitrogen and oxygen atoms in total. The molecule has 2 heterocycles. The van der Waals surface area contributed by atoms with Crippen LogP contribution in [0.15, 0.2) is 42.5 Å². The number of amides is 1. The Bertz CT molecular complexity index is 865. The summed E-state index contributed by atoms with van der Waals surface area (Å²) in [5.74, 6) is 0.260. The number of hydrogen-bond donors (Lipinski definition) is 0. The minimum Gasteiger partial charge on any atom is -0.368 e. The van der Waals surface area contributed by atoms with Crippen LogP contribution in [0, 0.1) is 0 Å². The van der Waals surface area contributed by atoms with E-state index in [0.29, 0.717) is 16.5 Å². The summed E-state index contributed by atoms with van der Waals surface area (Å²) in [6.45, 7) is 5.78. The van der Waals surface area contributed by atoms with Crippen molar-refractivity contribution in [2.45, 2.75) is 25.7 Å². The predicted molar refractivity (Wildman–Crippen MR) is 121 cm³/mol. The van der Waals surface area contributed by atoms with Gasteiger partial charge in [0.2, 0.25) is 5.91 Å². The van der Waals surface area contributed by atoms with Crippen LogP contribution in [0.3, 0.4) is 0 Å². The van der Waals surface area contributed by atoms with E-state index in [4.69, 9.17) is 23.2 Å². The van der Waals surface area contributed by atoms with Crippen LogP contribution in [-0.2, 0) is 11.2 Å². The zero-order valence-corrected chi connectivity index (χ0v) is 18.1. The summed E-state index contributed by atoms with van der Waals surface area (Å²) < 4.78 is 0. The standard InChI is InChI=1S/C23H27Cl2N3O/c24-19-7-5-9-21(23(19)25)27-16-14-26(15-17-27)12-4-3-10-22(29)28-13-11-18-6-1-2-8-20(18)28/h1-2,5-9H,3-4,10-17H2. The number of piperazine rings is 1. The summed E-state index contributed by atoms with van der Waals surface area (Å²) in [6, 6.07) is 14.1. The molecule has 0 aromatic heterocycles. The van der Waals surface area contributed by atoms with Crippen molar-refractivity contribution in [3.63, 3.8) is 0 Å². The second-order valence-corrected chi connectivity index (χ2v) is 8.57. The normalized spacial score (nSPS) is 16.9. The highest BCUT2D eigenvalue weighted by atomic mass is 35.5. The molecule has 0 aliphatic carbocycles. The number of benzene rings is 2. The maximum atomic E-state index is 12.6. The second-order valence-electron chi connectivity index (χ2n) is 7.78. The van der Waals surface area contributed by atoms with Gasteiger partial charge in [0, 0.05) is 44.8 Å². The first kappa shape index (κ1) is 20.5. The van der Waals surface area contributed by atoms with Gasteiger partial charge in [0.25, 0.3) is 0 Å². The number of hydrogen-bond acceptors (Lipinski definition) is 3. The van der Waals surface area contributed by atoms with Crippen LogP contribution < -0.4 is 9.80 Å². The lowest BCUT2D eigenvalue weighted by Crippen LogP contribution is -2.46. The van der Waals surface area contributed by atoms with E-state index < -0.39 is 0 Å². The number of fused-ring (bicyclic) bond motifs is 1. The van der Waals surface area contributed by atoms with Crippen LogP contribution in [0.5, 0.6) is 0 Å². The van der Waals surface area contributed by atoms with Crippen molar-refractivity contribution in [3.05, 3.63) is 58.1 Å². The number of rotatable bonds is 6. The van der Waals surface area contributed by atoms with Crippen LogP contribution in [0.25, 0.3) is 0 Å². The van der Waals surface area contributed by atoms with Gasteiger partial charge in [0.1, 0.15) is 0 Å². The molecule has 2 aliphatic heterocycles. The van der Waals surface area contributed by atoms with E-state index in [1.165, 1.54) is 5.56 Å². The van der Waals surface area contributed by atoms with Crippen molar-refractivity contribution in [1.29, 1.82) is 0 Å². The van der Waals surface area contributed by atoms with Gasteiger partial charge < -0.3 is 9.80 Å². The Kier molecular flexibility index (Phi) is 6.63. The molecule has 0 saturated carbocycles. The van der Waals surface area contributed by atoms with E-state index in [1.807, 2.05) is 35.2 Å². The van der Waals surface area contributed by atoms with Gasteiger partial charge in [0.15, 0.2) is 0 Å². The van der Waals surface area contributed by atoms with E-state index in [0.717, 1.165) is 69.9 Å². The molecule has 2 aliphatic rings. The Morgan fingerprint density at radius 1 is 0.862 bits per heavy atom. The molecule has 0 radical (unpaired) electrons. The van der Waals surface area contributed by atoms with Crippen LogP contribution in [0.4, 0.5) is 11.4 Å². The first-order valence-corrected chi connectivity index (χ1v) is 11.2. The van der Waals surface area contributed by atoms with Crippen molar-refractivity contribution in [3.8, 4) is 0 Å². The van der Waals surface area contributed by atoms with Gasteiger partial charge in [-0.1, -0.05) is 47.5 Å². The number of carbonyl (C=O) groups excluding carboxylic acids is 1. The van der Waals surface area contributed by atoms with E-state index in [1.54, 1.807) is 0 Å². The zero-order chi connectivity index (χ0) is 20.2. The van der Waals surface area contributed by atoms with Gasteiger partial charge >= 0.3 is 0 Å². The summed E-state index contributed by atoms with van der Waals surface area (Å²) >= 11 is 12.5. The van der Waals surface area contributed by atoms with Gasteiger partial charge in [-0.2, -0.15) is 0 Å². The SMILES string of the molecule is O=C(CCCCN1CCN(c2cccc(Cl)c2Cl)CC1)N1CCc2ccccc21. The zero-order valence-electron chi connectivity index (χ0n) is 16.6. The highest BCUT2D eigenvalue weighted by Gasteiger charge is 2.24. The third-order valence-electron chi connectivity index (χ3n) is 5.95. The molecule has 154 valence electrons. The largest absolute Gasteiger partial charge is 0.368 e. The third kappa shape index (κ3) is 4.71. The molecule has 1 fully saturated rings. The second kappa shape index (κ2) is 9.38. The number of nitrogens with zero attached hydrogens (tertiary/aromatic N) is 3. The molecule has 0 unspecified atom stereocenters. The summed E-state index contributed by atoms with van der Waals surface area (Å²) in [5.41, 5.74) is 3.42. The topological polar surface area (TPSA) is 26.8 Å². The molecule has 6 heteroatoms. The van der Waals surface area contributed by atoms with E-state index >= 15 is 0 Å². The van der Waals surface area contributed by atoms with Crippen LogP contribution in [-0.4, -0.2) is 50.1 Å². The Hall–Kier alpha value is -1.75. The Balaban J connectivity index is 1.18. The van der Waals surface area contributed by atoms with Crippen LogP contribution in [0.1, 0.15) is 24.8 Å². The van der Waals surface area contributed by atoms with E-state index in [-0.39, 0.29) is 5.91 Å². The fraction of sp³-hybridized carbons (Fsp3) is 0.435. The summed E-state index contributed by atoms with van der Waals surface area (Å²) in [5, 5.41) is 1.25. The summed E-state index contributed by atoms with van der Waals surface area (Å²) in [7, 11) is 0. The van der Waals surface area contributed by atoms with Crippen LogP contribution >= 0.6 is 23.2 Å². The molecule has 1 saturated heterocycles. The number of carbonyl (C=O) groups is 1. The van der Waals surface area contributed by atoms with Gasteiger partial charge in [-0.25, -0.2) is 0 Å². The Labute approximate surface area is 183 Å². The van der Waals surface area contributed by atoms with Crippen LogP contribution in [0.2, 0.25) is 10.0 Å². The monoisotopic (exact) mass is 431 g/mol. The van der Waals surface area contributed by atoms with E-state index in [2.05, 4.69) is 21.9 Å². The molecule has 2 aromatic carbocycles. The summed E-state index contributed by atoms with van der Waals surface area (Å²) in [6.07, 6.45) is 3.60. The van der Waals surface area contributed by atoms with Gasteiger partial charge in [0.05, 0.1) is 15.7 Å². The van der Waals surface area contributed by atoms with Crippen molar-refractivity contribution in [1.82, 2.24) is 4.90 Å². The molecule has 0 atom stereocenters. The molecular formula is C23H27Cl2N3O. The molecule has 4 rings (SSSR count). The average Bonchev–Trinajstić information content (AvgIpc) is 3.18. The number of halogens is 2. The Morgan fingerprint density at radius 3 is 2.45 bits per heavy atom. The third-order valence-corrected chi connectivity index (χ3v) is 6.76. The lowest BCUT2D eigenvalue weighted by atomic mass is 10.1. The maximum Gasteiger partial charge on any atom is 0.226 e. The van der Waals surface area contributed by atoms with Crippen molar-refractivity contribution in [2.24, 2.45) is 0 Å². The number of anilines is 2. The maximum absolute atomic E-state index is 12.6. The lowest BCUT2D eigenvalue weighted by molar-refractivity contribution is -0.118. The molecule has 1 amide bonds. The Morgan fingerprint density at radius 2 is 1.62 bits per heavy atom. The molecule has 0 spiro atoms. The number of unbranched alkanes of at least 4 members (excludes halogenated alkanes) is 1.